The molecule has 0 saturated carbocycles. The standard InChI is InChI=1S/C26H39NO6S2/c1-8-18-15-19(11-12-20(18)33-17-21(28)25(4,5)6)26(9-2,10-3)22-13-14-24(34-22)35(30,31)27-16-23(29)32-7/h11-15,21,27-28H,8-10,16-17H2,1-7H3. The summed E-state index contributed by atoms with van der Waals surface area (Å²) < 4.78 is 38.4. The van der Waals surface area contributed by atoms with Gasteiger partial charge in [0.1, 0.15) is 23.1 Å². The predicted molar refractivity (Wildman–Crippen MR) is 140 cm³/mol. The highest BCUT2D eigenvalue weighted by Crippen LogP contribution is 2.44. The van der Waals surface area contributed by atoms with Crippen molar-refractivity contribution in [3.05, 3.63) is 46.3 Å². The zero-order valence-corrected chi connectivity index (χ0v) is 23.4. The first-order chi connectivity index (χ1) is 16.3. The van der Waals surface area contributed by atoms with E-state index in [0.717, 1.165) is 41.0 Å². The monoisotopic (exact) mass is 525 g/mol. The molecule has 1 heterocycles. The lowest BCUT2D eigenvalue weighted by Gasteiger charge is -2.32. The second-order valence-electron chi connectivity index (χ2n) is 9.68. The number of carbonyl (C=O) groups excluding carboxylic acids is 1. The molecule has 196 valence electrons. The highest BCUT2D eigenvalue weighted by atomic mass is 32.2. The van der Waals surface area contributed by atoms with Gasteiger partial charge in [-0.25, -0.2) is 8.42 Å². The van der Waals surface area contributed by atoms with Crippen LogP contribution in [0, 0.1) is 5.41 Å². The number of nitrogens with one attached hydrogen (secondary N) is 1. The maximum absolute atomic E-state index is 12.7. The number of rotatable bonds is 12. The van der Waals surface area contributed by atoms with Gasteiger partial charge in [-0.3, -0.25) is 4.79 Å². The third-order valence-electron chi connectivity index (χ3n) is 6.55. The van der Waals surface area contributed by atoms with E-state index in [1.165, 1.54) is 18.4 Å². The summed E-state index contributed by atoms with van der Waals surface area (Å²) in [5.41, 5.74) is 1.50. The molecule has 2 aromatic rings. The predicted octanol–water partition coefficient (Wildman–Crippen LogP) is 4.65. The number of aryl methyl sites for hydroxylation is 1. The summed E-state index contributed by atoms with van der Waals surface area (Å²) in [5.74, 6) is 0.105. The van der Waals surface area contributed by atoms with Gasteiger partial charge in [-0.1, -0.05) is 53.7 Å². The Morgan fingerprint density at radius 1 is 1.11 bits per heavy atom. The molecule has 0 radical (unpaired) electrons. The summed E-state index contributed by atoms with van der Waals surface area (Å²) in [5, 5.41) is 10.4. The van der Waals surface area contributed by atoms with Gasteiger partial charge >= 0.3 is 5.97 Å². The Balaban J connectivity index is 2.39. The van der Waals surface area contributed by atoms with Crippen molar-refractivity contribution in [1.82, 2.24) is 4.72 Å². The van der Waals surface area contributed by atoms with Gasteiger partial charge in [0, 0.05) is 10.3 Å². The molecule has 1 unspecified atom stereocenters. The van der Waals surface area contributed by atoms with Crippen molar-refractivity contribution in [2.75, 3.05) is 20.3 Å². The summed E-state index contributed by atoms with van der Waals surface area (Å²) in [6.45, 7) is 12.0. The van der Waals surface area contributed by atoms with Gasteiger partial charge in [0.2, 0.25) is 0 Å². The zero-order valence-electron chi connectivity index (χ0n) is 21.8. The Labute approximate surface area is 213 Å². The molecule has 2 N–H and O–H groups in total. The molecule has 0 aliphatic carbocycles. The fourth-order valence-electron chi connectivity index (χ4n) is 3.88. The molecule has 1 aromatic heterocycles. The maximum atomic E-state index is 12.7. The fraction of sp³-hybridized carbons (Fsp3) is 0.577. The number of benzene rings is 1. The van der Waals surface area contributed by atoms with Gasteiger partial charge in [-0.2, -0.15) is 4.72 Å². The molecule has 0 amide bonds. The number of hydrogen-bond acceptors (Lipinski definition) is 7. The average molecular weight is 526 g/mol. The van der Waals surface area contributed by atoms with Gasteiger partial charge in [0.05, 0.1) is 13.2 Å². The molecule has 7 nitrogen and oxygen atoms in total. The van der Waals surface area contributed by atoms with E-state index in [1.54, 1.807) is 6.07 Å². The van der Waals surface area contributed by atoms with Crippen molar-refractivity contribution in [3.8, 4) is 5.75 Å². The number of carbonyl (C=O) groups is 1. The van der Waals surface area contributed by atoms with Crippen LogP contribution in [0.5, 0.6) is 5.75 Å². The molecule has 0 aliphatic rings. The van der Waals surface area contributed by atoms with Crippen LogP contribution in [0.2, 0.25) is 0 Å². The van der Waals surface area contributed by atoms with Crippen LogP contribution < -0.4 is 9.46 Å². The highest BCUT2D eigenvalue weighted by molar-refractivity contribution is 7.91. The zero-order chi connectivity index (χ0) is 26.4. The summed E-state index contributed by atoms with van der Waals surface area (Å²) in [7, 11) is -2.61. The van der Waals surface area contributed by atoms with Crippen molar-refractivity contribution >= 4 is 27.3 Å². The van der Waals surface area contributed by atoms with Crippen LogP contribution in [-0.4, -0.2) is 45.9 Å². The topological polar surface area (TPSA) is 102 Å². The molecule has 2 rings (SSSR count). The van der Waals surface area contributed by atoms with Crippen molar-refractivity contribution in [2.24, 2.45) is 5.41 Å². The first-order valence-corrected chi connectivity index (χ1v) is 14.3. The van der Waals surface area contributed by atoms with Crippen LogP contribution in [0.25, 0.3) is 0 Å². The van der Waals surface area contributed by atoms with E-state index in [-0.39, 0.29) is 21.6 Å². The van der Waals surface area contributed by atoms with E-state index in [4.69, 9.17) is 4.74 Å². The molecule has 9 heteroatoms. The Bertz CT molecular complexity index is 1100. The quantitative estimate of drug-likeness (QED) is 0.391. The van der Waals surface area contributed by atoms with E-state index in [2.05, 4.69) is 36.3 Å². The largest absolute Gasteiger partial charge is 0.491 e. The highest BCUT2D eigenvalue weighted by Gasteiger charge is 2.34. The first-order valence-electron chi connectivity index (χ1n) is 12.0. The van der Waals surface area contributed by atoms with Crippen molar-refractivity contribution in [2.45, 2.75) is 76.5 Å². The summed E-state index contributed by atoms with van der Waals surface area (Å²) in [4.78, 5) is 12.3. The van der Waals surface area contributed by atoms with Gasteiger partial charge < -0.3 is 14.6 Å². The smallest absolute Gasteiger partial charge is 0.320 e. The molecule has 0 aliphatic heterocycles. The van der Waals surface area contributed by atoms with Crippen LogP contribution in [0.1, 0.15) is 70.4 Å². The average Bonchev–Trinajstić information content (AvgIpc) is 3.33. The van der Waals surface area contributed by atoms with Gasteiger partial charge in [-0.15, -0.1) is 11.3 Å². The third-order valence-corrected chi connectivity index (χ3v) is 9.73. The molecule has 35 heavy (non-hydrogen) atoms. The van der Waals surface area contributed by atoms with Crippen molar-refractivity contribution in [1.29, 1.82) is 0 Å². The van der Waals surface area contributed by atoms with Crippen LogP contribution in [0.3, 0.4) is 0 Å². The van der Waals surface area contributed by atoms with E-state index in [1.807, 2.05) is 39.0 Å². The molecule has 1 atom stereocenters. The van der Waals surface area contributed by atoms with E-state index in [9.17, 15) is 18.3 Å². The third kappa shape index (κ3) is 6.84. The molecule has 1 aromatic carbocycles. The van der Waals surface area contributed by atoms with Crippen LogP contribution in [0.15, 0.2) is 34.5 Å². The van der Waals surface area contributed by atoms with E-state index < -0.39 is 28.6 Å². The Kier molecular flexibility index (Phi) is 9.93. The van der Waals surface area contributed by atoms with Gasteiger partial charge in [0.15, 0.2) is 0 Å². The molecule has 0 fully saturated rings. The summed E-state index contributed by atoms with van der Waals surface area (Å²) in [6, 6.07) is 9.57. The minimum Gasteiger partial charge on any atom is -0.491 e. The van der Waals surface area contributed by atoms with Gasteiger partial charge in [0.25, 0.3) is 10.0 Å². The second-order valence-corrected chi connectivity index (χ2v) is 12.8. The van der Waals surface area contributed by atoms with Crippen molar-refractivity contribution in [3.63, 3.8) is 0 Å². The SMILES string of the molecule is CCc1cc(C(CC)(CC)c2ccc(S(=O)(=O)NCC(=O)OC)s2)ccc1OCC(O)C(C)(C)C. The lowest BCUT2D eigenvalue weighted by Crippen LogP contribution is -2.32. The Morgan fingerprint density at radius 2 is 1.77 bits per heavy atom. The Hall–Kier alpha value is -1.94. The van der Waals surface area contributed by atoms with Gasteiger partial charge in [-0.05, 0) is 54.0 Å². The number of sulfonamides is 1. The van der Waals surface area contributed by atoms with E-state index >= 15 is 0 Å². The van der Waals surface area contributed by atoms with Crippen LogP contribution in [0.4, 0.5) is 0 Å². The molecule has 0 saturated heterocycles. The summed E-state index contributed by atoms with van der Waals surface area (Å²) in [6.07, 6.45) is 1.74. The first kappa shape index (κ1) is 29.3. The fourth-order valence-corrected chi connectivity index (χ4v) is 6.55. The minimum atomic E-state index is -3.83. The van der Waals surface area contributed by atoms with Crippen molar-refractivity contribution < 1.29 is 27.8 Å². The Morgan fingerprint density at radius 3 is 2.31 bits per heavy atom. The van der Waals surface area contributed by atoms with Crippen LogP contribution >= 0.6 is 11.3 Å². The maximum Gasteiger partial charge on any atom is 0.320 e. The minimum absolute atomic E-state index is 0.162. The molecular formula is C26H39NO6S2. The number of thiophene rings is 1. The number of aliphatic hydroxyl groups is 1. The van der Waals surface area contributed by atoms with E-state index in [0.29, 0.717) is 0 Å². The lowest BCUT2D eigenvalue weighted by atomic mass is 9.74. The normalized spacial score (nSPS) is 13.5. The molecular weight excluding hydrogens is 486 g/mol. The molecule has 0 bridgehead atoms. The number of esters is 1. The number of methoxy groups -OCH3 is 1. The number of aliphatic hydroxyl groups excluding tert-OH is 1. The summed E-state index contributed by atoms with van der Waals surface area (Å²) >= 11 is 1.22. The van der Waals surface area contributed by atoms with Crippen LogP contribution in [-0.2, 0) is 31.4 Å². The number of hydrogen-bond donors (Lipinski definition) is 2. The second kappa shape index (κ2) is 11.9. The molecule has 0 spiro atoms. The lowest BCUT2D eigenvalue weighted by molar-refractivity contribution is -0.139. The number of ether oxygens (including phenoxy) is 2.